The molecule has 0 aromatic carbocycles. The minimum absolute atomic E-state index is 0.158. The molecule has 1 rings (SSSR count). The molecule has 0 unspecified atom stereocenters. The molecule has 5 heteroatoms. The average Bonchev–Trinajstić information content (AvgIpc) is 2.73. The number of amides is 1. The van der Waals surface area contributed by atoms with Crippen LogP contribution in [0.15, 0.2) is 12.3 Å². The molecule has 90 valence electrons. The second kappa shape index (κ2) is 5.12. The van der Waals surface area contributed by atoms with Gasteiger partial charge in [0.25, 0.3) is 5.91 Å². The van der Waals surface area contributed by atoms with E-state index in [2.05, 4.69) is 10.4 Å². The fourth-order valence-corrected chi connectivity index (χ4v) is 1.61. The van der Waals surface area contributed by atoms with Crippen LogP contribution in [0, 0.1) is 0 Å². The zero-order valence-electron chi connectivity index (χ0n) is 10.2. The molecule has 0 saturated carbocycles. The van der Waals surface area contributed by atoms with Crippen LogP contribution in [0.5, 0.6) is 0 Å². The molecule has 0 aliphatic rings. The molecular formula is C11H20N4O. The standard InChI is InChI=1S/C11H20N4O/c1-4-11(5-2,8-12)13-10(16)9-6-7-15(3)14-9/h6-7H,4-5,8,12H2,1-3H3,(H,13,16). The van der Waals surface area contributed by atoms with E-state index in [1.807, 2.05) is 13.8 Å². The van der Waals surface area contributed by atoms with Gasteiger partial charge in [-0.2, -0.15) is 5.10 Å². The number of rotatable bonds is 5. The summed E-state index contributed by atoms with van der Waals surface area (Å²) in [4.78, 5) is 11.9. The molecule has 0 fully saturated rings. The summed E-state index contributed by atoms with van der Waals surface area (Å²) in [5.41, 5.74) is 5.84. The summed E-state index contributed by atoms with van der Waals surface area (Å²) in [6.07, 6.45) is 3.38. The molecule has 0 atom stereocenters. The van der Waals surface area contributed by atoms with Gasteiger partial charge in [-0.3, -0.25) is 9.48 Å². The second-order valence-electron chi connectivity index (χ2n) is 4.02. The SMILES string of the molecule is CCC(CC)(CN)NC(=O)c1ccn(C)n1. The van der Waals surface area contributed by atoms with Gasteiger partial charge in [0, 0.05) is 19.8 Å². The first kappa shape index (κ1) is 12.7. The maximum absolute atomic E-state index is 11.9. The van der Waals surface area contributed by atoms with Crippen molar-refractivity contribution in [3.8, 4) is 0 Å². The van der Waals surface area contributed by atoms with Gasteiger partial charge >= 0.3 is 0 Å². The van der Waals surface area contributed by atoms with Gasteiger partial charge in [-0.1, -0.05) is 13.8 Å². The number of hydrogen-bond donors (Lipinski definition) is 2. The van der Waals surface area contributed by atoms with Gasteiger partial charge in [-0.05, 0) is 18.9 Å². The molecule has 1 aromatic heterocycles. The van der Waals surface area contributed by atoms with Crippen LogP contribution >= 0.6 is 0 Å². The van der Waals surface area contributed by atoms with Gasteiger partial charge in [-0.15, -0.1) is 0 Å². The molecular weight excluding hydrogens is 204 g/mol. The Morgan fingerprint density at radius 3 is 2.56 bits per heavy atom. The van der Waals surface area contributed by atoms with Crippen molar-refractivity contribution in [1.82, 2.24) is 15.1 Å². The highest BCUT2D eigenvalue weighted by Gasteiger charge is 2.27. The van der Waals surface area contributed by atoms with Gasteiger partial charge in [0.05, 0.1) is 5.54 Å². The second-order valence-corrected chi connectivity index (χ2v) is 4.02. The van der Waals surface area contributed by atoms with E-state index >= 15 is 0 Å². The Hall–Kier alpha value is -1.36. The number of nitrogens with one attached hydrogen (secondary N) is 1. The quantitative estimate of drug-likeness (QED) is 0.772. The highest BCUT2D eigenvalue weighted by Crippen LogP contribution is 2.13. The third kappa shape index (κ3) is 2.61. The van der Waals surface area contributed by atoms with Crippen LogP contribution in [-0.4, -0.2) is 27.8 Å². The van der Waals surface area contributed by atoms with Crippen LogP contribution in [0.2, 0.25) is 0 Å². The van der Waals surface area contributed by atoms with Crippen molar-refractivity contribution in [3.05, 3.63) is 18.0 Å². The first-order chi connectivity index (χ1) is 7.56. The molecule has 1 aromatic rings. The summed E-state index contributed by atoms with van der Waals surface area (Å²) in [5.74, 6) is -0.158. The third-order valence-corrected chi connectivity index (χ3v) is 3.07. The van der Waals surface area contributed by atoms with Crippen molar-refractivity contribution in [1.29, 1.82) is 0 Å². The number of aryl methyl sites for hydroxylation is 1. The smallest absolute Gasteiger partial charge is 0.272 e. The summed E-state index contributed by atoms with van der Waals surface area (Å²) in [6, 6.07) is 1.70. The van der Waals surface area contributed by atoms with E-state index in [4.69, 9.17) is 5.73 Å². The number of carbonyl (C=O) groups is 1. The Kier molecular flexibility index (Phi) is 4.06. The number of carbonyl (C=O) groups excluding carboxylic acids is 1. The van der Waals surface area contributed by atoms with Gasteiger partial charge in [0.15, 0.2) is 0 Å². The summed E-state index contributed by atoms with van der Waals surface area (Å²) in [5, 5.41) is 7.03. The predicted molar refractivity (Wildman–Crippen MR) is 63.0 cm³/mol. The molecule has 1 amide bonds. The predicted octanol–water partition coefficient (Wildman–Crippen LogP) is 0.667. The molecule has 5 nitrogen and oxygen atoms in total. The van der Waals surface area contributed by atoms with Crippen LogP contribution < -0.4 is 11.1 Å². The van der Waals surface area contributed by atoms with E-state index in [0.717, 1.165) is 12.8 Å². The van der Waals surface area contributed by atoms with Gasteiger partial charge in [0.2, 0.25) is 0 Å². The lowest BCUT2D eigenvalue weighted by Crippen LogP contribution is -2.53. The van der Waals surface area contributed by atoms with E-state index < -0.39 is 0 Å². The molecule has 0 radical (unpaired) electrons. The minimum atomic E-state index is -0.311. The summed E-state index contributed by atoms with van der Waals surface area (Å²) in [7, 11) is 1.78. The van der Waals surface area contributed by atoms with E-state index in [1.165, 1.54) is 0 Å². The van der Waals surface area contributed by atoms with Gasteiger partial charge in [0.1, 0.15) is 5.69 Å². The Labute approximate surface area is 96.0 Å². The highest BCUT2D eigenvalue weighted by atomic mass is 16.2. The molecule has 0 aliphatic heterocycles. The van der Waals surface area contributed by atoms with Crippen LogP contribution in [0.4, 0.5) is 0 Å². The van der Waals surface area contributed by atoms with Crippen LogP contribution in [0.1, 0.15) is 37.2 Å². The number of aromatic nitrogens is 2. The lowest BCUT2D eigenvalue weighted by atomic mass is 9.93. The first-order valence-corrected chi connectivity index (χ1v) is 5.59. The van der Waals surface area contributed by atoms with Gasteiger partial charge in [-0.25, -0.2) is 0 Å². The van der Waals surface area contributed by atoms with Crippen LogP contribution in [0.3, 0.4) is 0 Å². The van der Waals surface area contributed by atoms with Crippen molar-refractivity contribution in [2.75, 3.05) is 6.54 Å². The first-order valence-electron chi connectivity index (χ1n) is 5.59. The molecule has 0 bridgehead atoms. The lowest BCUT2D eigenvalue weighted by molar-refractivity contribution is 0.0889. The fraction of sp³-hybridized carbons (Fsp3) is 0.636. The van der Waals surface area contributed by atoms with Crippen molar-refractivity contribution in [2.45, 2.75) is 32.2 Å². The summed E-state index contributed by atoms with van der Waals surface area (Å²) >= 11 is 0. The summed E-state index contributed by atoms with van der Waals surface area (Å²) in [6.45, 7) is 4.49. The monoisotopic (exact) mass is 224 g/mol. The normalized spacial score (nSPS) is 11.5. The van der Waals surface area contributed by atoms with E-state index in [0.29, 0.717) is 12.2 Å². The molecule has 16 heavy (non-hydrogen) atoms. The maximum atomic E-state index is 11.9. The van der Waals surface area contributed by atoms with Crippen molar-refractivity contribution in [3.63, 3.8) is 0 Å². The third-order valence-electron chi connectivity index (χ3n) is 3.07. The maximum Gasteiger partial charge on any atom is 0.272 e. The topological polar surface area (TPSA) is 72.9 Å². The number of nitrogens with zero attached hydrogens (tertiary/aromatic N) is 2. The van der Waals surface area contributed by atoms with Crippen LogP contribution in [0.25, 0.3) is 0 Å². The van der Waals surface area contributed by atoms with E-state index in [9.17, 15) is 4.79 Å². The van der Waals surface area contributed by atoms with Crippen molar-refractivity contribution < 1.29 is 4.79 Å². The zero-order chi connectivity index (χ0) is 12.2. The molecule has 0 saturated heterocycles. The Balaban J connectivity index is 2.76. The largest absolute Gasteiger partial charge is 0.344 e. The van der Waals surface area contributed by atoms with E-state index in [1.54, 1.807) is 24.0 Å². The number of nitrogens with two attached hydrogens (primary N) is 1. The molecule has 3 N–H and O–H groups in total. The summed E-state index contributed by atoms with van der Waals surface area (Å²) < 4.78 is 1.61. The van der Waals surface area contributed by atoms with Crippen molar-refractivity contribution in [2.24, 2.45) is 12.8 Å². The Morgan fingerprint density at radius 2 is 2.19 bits per heavy atom. The minimum Gasteiger partial charge on any atom is -0.344 e. The van der Waals surface area contributed by atoms with Gasteiger partial charge < -0.3 is 11.1 Å². The fourth-order valence-electron chi connectivity index (χ4n) is 1.61. The van der Waals surface area contributed by atoms with Crippen LogP contribution in [-0.2, 0) is 7.05 Å². The molecule has 0 aliphatic carbocycles. The zero-order valence-corrected chi connectivity index (χ0v) is 10.2. The molecule has 0 spiro atoms. The lowest BCUT2D eigenvalue weighted by Gasteiger charge is -2.31. The average molecular weight is 224 g/mol. The number of hydrogen-bond acceptors (Lipinski definition) is 3. The highest BCUT2D eigenvalue weighted by molar-refractivity contribution is 5.92. The van der Waals surface area contributed by atoms with E-state index in [-0.39, 0.29) is 11.4 Å². The Morgan fingerprint density at radius 1 is 1.56 bits per heavy atom. The Bertz CT molecular complexity index is 346. The van der Waals surface area contributed by atoms with Crippen molar-refractivity contribution >= 4 is 5.91 Å². The molecule has 1 heterocycles.